The van der Waals surface area contributed by atoms with Crippen molar-refractivity contribution < 1.29 is 14.3 Å². The number of ether oxygens (including phenoxy) is 1. The number of carbonyl (C=O) groups is 1. The van der Waals surface area contributed by atoms with Gasteiger partial charge in [-0.2, -0.15) is 4.79 Å². The molecule has 1 aliphatic rings. The second-order valence-electron chi connectivity index (χ2n) is 6.02. The molecule has 0 heterocycles. The first-order valence-electron chi connectivity index (χ1n) is 8.31. The maximum Gasteiger partial charge on any atom is 0.423 e. The highest BCUT2D eigenvalue weighted by Crippen LogP contribution is 2.33. The minimum atomic E-state index is -0.822. The first-order chi connectivity index (χ1) is 12.2. The molecule has 0 unspecified atom stereocenters. The third-order valence-electron chi connectivity index (χ3n) is 4.25. The second-order valence-corrected chi connectivity index (χ2v) is 6.02. The van der Waals surface area contributed by atoms with E-state index in [9.17, 15) is 10.3 Å². The third-order valence-corrected chi connectivity index (χ3v) is 4.25. The van der Waals surface area contributed by atoms with Crippen molar-refractivity contribution in [1.29, 1.82) is 0 Å². The van der Waals surface area contributed by atoms with Crippen molar-refractivity contribution >= 4 is 11.7 Å². The predicted molar refractivity (Wildman–Crippen MR) is 94.8 cm³/mol. The van der Waals surface area contributed by atoms with Crippen LogP contribution in [0.25, 0.3) is 5.53 Å². The molecule has 0 spiro atoms. The molecular weight excluding hydrogens is 312 g/mol. The van der Waals surface area contributed by atoms with Gasteiger partial charge in [-0.1, -0.05) is 42.3 Å². The highest BCUT2D eigenvalue weighted by molar-refractivity contribution is 6.40. The highest BCUT2D eigenvalue weighted by atomic mass is 16.6. The van der Waals surface area contributed by atoms with Crippen molar-refractivity contribution in [2.75, 3.05) is 0 Å². The van der Waals surface area contributed by atoms with E-state index in [2.05, 4.69) is 16.6 Å². The summed E-state index contributed by atoms with van der Waals surface area (Å²) >= 11 is 0. The van der Waals surface area contributed by atoms with Crippen LogP contribution in [-0.4, -0.2) is 22.1 Å². The van der Waals surface area contributed by atoms with Crippen LogP contribution < -0.4 is 0 Å². The fourth-order valence-corrected chi connectivity index (χ4v) is 2.94. The van der Waals surface area contributed by atoms with Crippen LogP contribution in [0.15, 0.2) is 60.7 Å². The van der Waals surface area contributed by atoms with Crippen molar-refractivity contribution in [3.8, 4) is 11.8 Å². The molecule has 2 aromatic carbocycles. The van der Waals surface area contributed by atoms with E-state index in [1.165, 1.54) is 0 Å². The molecular formula is C21H18N2O2. The molecule has 0 saturated heterocycles. The average Bonchev–Trinajstić information content (AvgIpc) is 3.11. The Balaban J connectivity index is 1.84. The molecule has 4 heteroatoms. The molecule has 0 aromatic heterocycles. The predicted octanol–water partition coefficient (Wildman–Crippen LogP) is 3.61. The zero-order valence-electron chi connectivity index (χ0n) is 13.8. The van der Waals surface area contributed by atoms with E-state index >= 15 is 0 Å². The molecule has 0 aliphatic heterocycles. The fourth-order valence-electron chi connectivity index (χ4n) is 2.94. The topological polar surface area (TPSA) is 62.7 Å². The maximum atomic E-state index is 12.6. The monoisotopic (exact) mass is 330 g/mol. The SMILES string of the molecule is [N-]=[N+]=C(C(=O)OC1(C#Cc2ccccc2)CCCC1)c1ccccc1. The Morgan fingerprint density at radius 3 is 2.20 bits per heavy atom. The van der Waals surface area contributed by atoms with Gasteiger partial charge in [0.15, 0.2) is 5.60 Å². The number of hydrogen-bond acceptors (Lipinski definition) is 2. The van der Waals surface area contributed by atoms with Gasteiger partial charge in [0.1, 0.15) is 0 Å². The molecule has 0 amide bonds. The lowest BCUT2D eigenvalue weighted by molar-refractivity contribution is -0.149. The summed E-state index contributed by atoms with van der Waals surface area (Å²) in [6, 6.07) is 18.4. The molecule has 1 saturated carbocycles. The fraction of sp³-hybridized carbons (Fsp3) is 0.238. The Bertz CT molecular complexity index is 851. The zero-order valence-corrected chi connectivity index (χ0v) is 13.8. The summed E-state index contributed by atoms with van der Waals surface area (Å²) in [5.74, 6) is 5.59. The molecule has 0 radical (unpaired) electrons. The minimum absolute atomic E-state index is 0.103. The molecule has 1 fully saturated rings. The summed E-state index contributed by atoms with van der Waals surface area (Å²) in [5.41, 5.74) is 9.73. The largest absolute Gasteiger partial charge is 0.437 e. The first-order valence-corrected chi connectivity index (χ1v) is 8.31. The summed E-state index contributed by atoms with van der Waals surface area (Å²) in [7, 11) is 0. The Labute approximate surface area is 147 Å². The van der Waals surface area contributed by atoms with E-state index in [0.29, 0.717) is 18.4 Å². The van der Waals surface area contributed by atoms with E-state index in [0.717, 1.165) is 18.4 Å². The van der Waals surface area contributed by atoms with Crippen LogP contribution >= 0.6 is 0 Å². The summed E-state index contributed by atoms with van der Waals surface area (Å²) in [4.78, 5) is 15.7. The van der Waals surface area contributed by atoms with Crippen LogP contribution in [-0.2, 0) is 9.53 Å². The van der Waals surface area contributed by atoms with Gasteiger partial charge in [-0.05, 0) is 55.9 Å². The van der Waals surface area contributed by atoms with E-state index in [-0.39, 0.29) is 5.71 Å². The first kappa shape index (κ1) is 16.7. The van der Waals surface area contributed by atoms with Gasteiger partial charge in [-0.15, -0.1) is 0 Å². The van der Waals surface area contributed by atoms with Gasteiger partial charge in [-0.25, -0.2) is 4.79 Å². The average molecular weight is 330 g/mol. The standard InChI is InChI=1S/C21H18N2O2/c22-23-19(18-11-5-2-6-12-18)20(24)25-21(14-7-8-15-21)16-13-17-9-3-1-4-10-17/h1-6,9-12H,7-8,14-15H2. The number of carbonyl (C=O) groups excluding carboxylic acids is 1. The molecule has 2 aromatic rings. The van der Waals surface area contributed by atoms with Crippen LogP contribution in [0.5, 0.6) is 0 Å². The Kier molecular flexibility index (Phi) is 5.09. The lowest BCUT2D eigenvalue weighted by Crippen LogP contribution is -2.34. The smallest absolute Gasteiger partial charge is 0.423 e. The van der Waals surface area contributed by atoms with Crippen molar-refractivity contribution in [2.24, 2.45) is 0 Å². The molecule has 124 valence electrons. The van der Waals surface area contributed by atoms with Gasteiger partial charge >= 0.3 is 11.7 Å². The van der Waals surface area contributed by atoms with E-state index < -0.39 is 11.6 Å². The van der Waals surface area contributed by atoms with Gasteiger partial charge in [0.25, 0.3) is 0 Å². The van der Waals surface area contributed by atoms with Gasteiger partial charge in [0, 0.05) is 5.56 Å². The van der Waals surface area contributed by atoms with Crippen molar-refractivity contribution in [1.82, 2.24) is 0 Å². The molecule has 4 nitrogen and oxygen atoms in total. The summed E-state index contributed by atoms with van der Waals surface area (Å²) < 4.78 is 5.72. The van der Waals surface area contributed by atoms with Crippen LogP contribution in [0, 0.1) is 11.8 Å². The molecule has 1 aliphatic carbocycles. The Morgan fingerprint density at radius 1 is 1.00 bits per heavy atom. The van der Waals surface area contributed by atoms with Gasteiger partial charge in [0.05, 0.1) is 5.56 Å². The maximum absolute atomic E-state index is 12.6. The number of benzene rings is 2. The third kappa shape index (κ3) is 4.03. The summed E-state index contributed by atoms with van der Waals surface area (Å²) in [5, 5.41) is 0. The number of esters is 1. The molecule has 25 heavy (non-hydrogen) atoms. The van der Waals surface area contributed by atoms with E-state index in [1.54, 1.807) is 24.3 Å². The zero-order chi connectivity index (χ0) is 17.5. The van der Waals surface area contributed by atoms with Crippen LogP contribution in [0.1, 0.15) is 36.8 Å². The van der Waals surface area contributed by atoms with Crippen LogP contribution in [0.3, 0.4) is 0 Å². The Hall–Kier alpha value is -3.15. The molecule has 3 rings (SSSR count). The van der Waals surface area contributed by atoms with Gasteiger partial charge < -0.3 is 10.3 Å². The molecule has 0 N–H and O–H groups in total. The lowest BCUT2D eigenvalue weighted by atomic mass is 10.0. The number of nitrogens with zero attached hydrogens (tertiary/aromatic N) is 2. The second kappa shape index (κ2) is 7.61. The molecule has 0 atom stereocenters. The van der Waals surface area contributed by atoms with Crippen LogP contribution in [0.4, 0.5) is 0 Å². The van der Waals surface area contributed by atoms with Crippen molar-refractivity contribution in [2.45, 2.75) is 31.3 Å². The van der Waals surface area contributed by atoms with E-state index in [4.69, 9.17) is 4.74 Å². The molecule has 0 bridgehead atoms. The number of hydrogen-bond donors (Lipinski definition) is 0. The highest BCUT2D eigenvalue weighted by Gasteiger charge is 2.39. The Morgan fingerprint density at radius 2 is 1.60 bits per heavy atom. The van der Waals surface area contributed by atoms with Gasteiger partial charge in [0.2, 0.25) is 0 Å². The van der Waals surface area contributed by atoms with Crippen molar-refractivity contribution in [3.05, 3.63) is 77.3 Å². The minimum Gasteiger partial charge on any atom is -0.437 e. The summed E-state index contributed by atoms with van der Waals surface area (Å²) in [6.07, 6.45) is 3.28. The number of rotatable bonds is 3. The van der Waals surface area contributed by atoms with Crippen LogP contribution in [0.2, 0.25) is 0 Å². The lowest BCUT2D eigenvalue weighted by Gasteiger charge is -2.21. The van der Waals surface area contributed by atoms with E-state index in [1.807, 2.05) is 36.4 Å². The normalized spacial score (nSPS) is 14.7. The van der Waals surface area contributed by atoms with Crippen molar-refractivity contribution in [3.63, 3.8) is 0 Å². The quantitative estimate of drug-likeness (QED) is 0.284. The summed E-state index contributed by atoms with van der Waals surface area (Å²) in [6.45, 7) is 0. The van der Waals surface area contributed by atoms with Gasteiger partial charge in [-0.3, -0.25) is 0 Å².